The second kappa shape index (κ2) is 10.3. The third kappa shape index (κ3) is 5.77. The summed E-state index contributed by atoms with van der Waals surface area (Å²) in [5, 5.41) is 2.71. The van der Waals surface area contributed by atoms with E-state index in [-0.39, 0.29) is 5.41 Å². The lowest BCUT2D eigenvalue weighted by Gasteiger charge is -2.34. The van der Waals surface area contributed by atoms with Gasteiger partial charge in [-0.15, -0.1) is 0 Å². The van der Waals surface area contributed by atoms with Gasteiger partial charge in [-0.2, -0.15) is 0 Å². The molecule has 2 aromatic carbocycles. The van der Waals surface area contributed by atoms with Gasteiger partial charge in [0.05, 0.1) is 0 Å². The second-order valence-electron chi connectivity index (χ2n) is 9.47. The van der Waals surface area contributed by atoms with Crippen LogP contribution in [0.4, 0.5) is 0 Å². The average molecular weight is 404 g/mol. The number of hydrogen-bond donors (Lipinski definition) is 0. The molecule has 0 aliphatic heterocycles. The third-order valence-electron chi connectivity index (χ3n) is 6.82. The van der Waals surface area contributed by atoms with Crippen molar-refractivity contribution in [2.24, 2.45) is 5.41 Å². The second-order valence-corrected chi connectivity index (χ2v) is 9.47. The lowest BCUT2D eigenvalue weighted by atomic mass is 9.85. The summed E-state index contributed by atoms with van der Waals surface area (Å²) in [5.74, 6) is 6.84. The maximum absolute atomic E-state index is 3.48. The molecular weight excluding hydrogens is 362 g/mol. The molecule has 30 heavy (non-hydrogen) atoms. The molecule has 0 fully saturated rings. The molecule has 0 bridgehead atoms. The zero-order valence-corrected chi connectivity index (χ0v) is 20.7. The molecule has 162 valence electrons. The predicted octanol–water partition coefficient (Wildman–Crippen LogP) is 8.00. The van der Waals surface area contributed by atoms with E-state index < -0.39 is 0 Å². The maximum atomic E-state index is 3.48. The molecule has 0 spiro atoms. The Labute approximate surface area is 185 Å². The molecule has 0 heterocycles. The predicted molar refractivity (Wildman–Crippen MR) is 134 cm³/mol. The van der Waals surface area contributed by atoms with E-state index in [2.05, 4.69) is 115 Å². The summed E-state index contributed by atoms with van der Waals surface area (Å²) in [6.07, 6.45) is 4.32. The lowest BCUT2D eigenvalue weighted by Crippen LogP contribution is -2.35. The molecule has 0 aliphatic carbocycles. The minimum atomic E-state index is 0.126. The highest BCUT2D eigenvalue weighted by Crippen LogP contribution is 2.31. The number of rotatable bonds is 7. The normalized spacial score (nSPS) is 13.6. The van der Waals surface area contributed by atoms with Gasteiger partial charge >= 0.3 is 0 Å². The van der Waals surface area contributed by atoms with E-state index in [1.165, 1.54) is 33.0 Å². The number of benzene rings is 2. The fourth-order valence-electron chi connectivity index (χ4n) is 3.98. The van der Waals surface area contributed by atoms with Crippen molar-refractivity contribution in [2.75, 3.05) is 6.54 Å². The van der Waals surface area contributed by atoms with Gasteiger partial charge in [-0.1, -0.05) is 61.6 Å². The van der Waals surface area contributed by atoms with Crippen molar-refractivity contribution in [3.63, 3.8) is 0 Å². The molecule has 1 unspecified atom stereocenters. The molecule has 1 heteroatoms. The van der Waals surface area contributed by atoms with Crippen molar-refractivity contribution in [2.45, 2.75) is 87.2 Å². The molecule has 1 nitrogen and oxygen atoms in total. The van der Waals surface area contributed by atoms with Crippen molar-refractivity contribution in [3.05, 3.63) is 58.7 Å². The van der Waals surface area contributed by atoms with E-state index in [1.54, 1.807) is 0 Å². The van der Waals surface area contributed by atoms with Crippen LogP contribution in [0.15, 0.2) is 42.0 Å². The van der Waals surface area contributed by atoms with E-state index in [1.807, 2.05) is 0 Å². The third-order valence-corrected chi connectivity index (χ3v) is 6.82. The lowest BCUT2D eigenvalue weighted by molar-refractivity contribution is 0.181. The summed E-state index contributed by atoms with van der Waals surface area (Å²) in [6.45, 7) is 21.2. The van der Waals surface area contributed by atoms with Crippen molar-refractivity contribution < 1.29 is 0 Å². The molecule has 1 atom stereocenters. The highest BCUT2D eigenvalue weighted by Gasteiger charge is 2.21. The van der Waals surface area contributed by atoms with E-state index in [4.69, 9.17) is 0 Å². The number of aryl methyl sites for hydroxylation is 2. The molecule has 0 saturated carbocycles. The van der Waals surface area contributed by atoms with E-state index in [0.29, 0.717) is 12.1 Å². The van der Waals surface area contributed by atoms with Crippen LogP contribution < -0.4 is 0 Å². The van der Waals surface area contributed by atoms with Crippen LogP contribution in [0, 0.1) is 31.1 Å². The van der Waals surface area contributed by atoms with E-state index >= 15 is 0 Å². The summed E-state index contributed by atoms with van der Waals surface area (Å²) >= 11 is 0. The van der Waals surface area contributed by atoms with E-state index in [9.17, 15) is 0 Å². The Morgan fingerprint density at radius 3 is 2.30 bits per heavy atom. The van der Waals surface area contributed by atoms with E-state index in [0.717, 1.165) is 19.4 Å². The van der Waals surface area contributed by atoms with Crippen LogP contribution in [-0.2, 0) is 0 Å². The Balaban J connectivity index is 2.33. The first-order chi connectivity index (χ1) is 14.1. The van der Waals surface area contributed by atoms with Crippen molar-refractivity contribution in [1.82, 2.24) is 4.90 Å². The largest absolute Gasteiger partial charge is 0.290 e. The monoisotopic (exact) mass is 403 g/mol. The summed E-state index contributed by atoms with van der Waals surface area (Å²) in [6, 6.07) is 12.2. The van der Waals surface area contributed by atoms with Crippen LogP contribution in [0.1, 0.15) is 84.0 Å². The van der Waals surface area contributed by atoms with Crippen LogP contribution in [-0.4, -0.2) is 17.5 Å². The Morgan fingerprint density at radius 2 is 1.70 bits per heavy atom. The maximum Gasteiger partial charge on any atom is 0.0332 e. The topological polar surface area (TPSA) is 3.24 Å². The van der Waals surface area contributed by atoms with Gasteiger partial charge in [0.15, 0.2) is 0 Å². The minimum absolute atomic E-state index is 0.126. The molecule has 2 rings (SSSR count). The van der Waals surface area contributed by atoms with Gasteiger partial charge in [-0.25, -0.2) is 0 Å². The Morgan fingerprint density at radius 1 is 1.07 bits per heavy atom. The molecule has 0 N–H and O–H groups in total. The first-order valence-electron chi connectivity index (χ1n) is 11.6. The van der Waals surface area contributed by atoms with Crippen molar-refractivity contribution in [1.29, 1.82) is 0 Å². The SMILES string of the molecule is CCC(C)(C#C/C=C(\C)CN(C(C)C)C(C)c1cccc2cc(C)c(C)cc12)CC. The van der Waals surface area contributed by atoms with Crippen LogP contribution in [0.2, 0.25) is 0 Å². The van der Waals surface area contributed by atoms with Gasteiger partial charge in [-0.05, 0) is 94.8 Å². The van der Waals surface area contributed by atoms with Crippen LogP contribution >= 0.6 is 0 Å². The average Bonchev–Trinajstić information content (AvgIpc) is 2.71. The Kier molecular flexibility index (Phi) is 8.34. The highest BCUT2D eigenvalue weighted by molar-refractivity contribution is 5.87. The van der Waals surface area contributed by atoms with Gasteiger partial charge in [0.1, 0.15) is 0 Å². The van der Waals surface area contributed by atoms with Gasteiger partial charge in [0, 0.05) is 24.0 Å². The highest BCUT2D eigenvalue weighted by atomic mass is 15.2. The van der Waals surface area contributed by atoms with Gasteiger partial charge in [-0.3, -0.25) is 4.90 Å². The summed E-state index contributed by atoms with van der Waals surface area (Å²) < 4.78 is 0. The molecule has 0 saturated heterocycles. The number of allylic oxidation sites excluding steroid dienone is 1. The van der Waals surface area contributed by atoms with Crippen LogP contribution in [0.5, 0.6) is 0 Å². The zero-order valence-electron chi connectivity index (χ0n) is 20.7. The number of fused-ring (bicyclic) bond motifs is 1. The quantitative estimate of drug-likeness (QED) is 0.423. The van der Waals surface area contributed by atoms with Gasteiger partial charge in [0.25, 0.3) is 0 Å². The minimum Gasteiger partial charge on any atom is -0.290 e. The Bertz CT molecular complexity index is 947. The molecule has 0 amide bonds. The Hall–Kier alpha value is -2.04. The molecule has 0 aromatic heterocycles. The molecule has 0 aliphatic rings. The standard InChI is InChI=1S/C29H41N/c1-10-29(9,11-2)17-13-14-22(5)20-30(21(3)4)25(8)27-16-12-15-26-18-23(6)24(7)19-28(26)27/h12,14-16,18-19,21,25H,10-11,20H2,1-9H3/b22-14+. The van der Waals surface area contributed by atoms with Gasteiger partial charge in [0.2, 0.25) is 0 Å². The number of hydrogen-bond acceptors (Lipinski definition) is 1. The fraction of sp³-hybridized carbons (Fsp3) is 0.517. The van der Waals surface area contributed by atoms with Crippen LogP contribution in [0.25, 0.3) is 10.8 Å². The molecule has 0 radical (unpaired) electrons. The first-order valence-corrected chi connectivity index (χ1v) is 11.6. The van der Waals surface area contributed by atoms with Crippen molar-refractivity contribution in [3.8, 4) is 11.8 Å². The zero-order chi connectivity index (χ0) is 22.5. The summed E-state index contributed by atoms with van der Waals surface area (Å²) in [5.41, 5.74) is 5.58. The summed E-state index contributed by atoms with van der Waals surface area (Å²) in [7, 11) is 0. The fourth-order valence-corrected chi connectivity index (χ4v) is 3.98. The molecular formula is C29H41N. The molecule has 2 aromatic rings. The van der Waals surface area contributed by atoms with Crippen LogP contribution in [0.3, 0.4) is 0 Å². The summed E-state index contributed by atoms with van der Waals surface area (Å²) in [4.78, 5) is 2.58. The van der Waals surface area contributed by atoms with Crippen molar-refractivity contribution >= 4 is 10.8 Å². The number of nitrogens with zero attached hydrogens (tertiary/aromatic N) is 1. The smallest absolute Gasteiger partial charge is 0.0332 e. The first kappa shape index (κ1) is 24.2. The van der Waals surface area contributed by atoms with Gasteiger partial charge < -0.3 is 0 Å².